The number of methoxy groups -OCH3 is 3. The molecule has 1 aromatic heterocycles. The first-order chi connectivity index (χ1) is 12.5. The quantitative estimate of drug-likeness (QED) is 0.558. The standard InChI is InChI=1S/C19H16O6S/c1-22-11-7-15(23-2)18-13(20)9-14(25-16(18)8-11)10-4-5-12(17(26)6-10)19(21)24-3/h4-9,26H,1-3H3. The molecule has 0 saturated carbocycles. The molecular weight excluding hydrogens is 356 g/mol. The summed E-state index contributed by atoms with van der Waals surface area (Å²) in [7, 11) is 4.29. The Morgan fingerprint density at radius 1 is 1.04 bits per heavy atom. The first-order valence-corrected chi connectivity index (χ1v) is 8.04. The van der Waals surface area contributed by atoms with Crippen LogP contribution in [-0.2, 0) is 4.74 Å². The molecule has 0 aliphatic carbocycles. The van der Waals surface area contributed by atoms with Crippen LogP contribution in [0.15, 0.2) is 50.5 Å². The number of rotatable bonds is 4. The molecule has 6 nitrogen and oxygen atoms in total. The van der Waals surface area contributed by atoms with Crippen LogP contribution in [0.3, 0.4) is 0 Å². The van der Waals surface area contributed by atoms with Crippen LogP contribution in [0.25, 0.3) is 22.3 Å². The van der Waals surface area contributed by atoms with E-state index in [-0.39, 0.29) is 5.43 Å². The average molecular weight is 372 g/mol. The zero-order chi connectivity index (χ0) is 18.8. The average Bonchev–Trinajstić information content (AvgIpc) is 2.65. The SMILES string of the molecule is COC(=O)c1ccc(-c2cc(=O)c3c(OC)cc(OC)cc3o2)cc1S. The lowest BCUT2D eigenvalue weighted by Crippen LogP contribution is -2.04. The van der Waals surface area contributed by atoms with E-state index in [1.165, 1.54) is 27.4 Å². The second kappa shape index (κ2) is 7.13. The van der Waals surface area contributed by atoms with Crippen molar-refractivity contribution in [1.82, 2.24) is 0 Å². The predicted octanol–water partition coefficient (Wildman–Crippen LogP) is 3.55. The third-order valence-corrected chi connectivity index (χ3v) is 4.28. The van der Waals surface area contributed by atoms with Crippen molar-refractivity contribution >= 4 is 29.6 Å². The van der Waals surface area contributed by atoms with Gasteiger partial charge in [0.2, 0.25) is 0 Å². The Kier molecular flexibility index (Phi) is 4.90. The minimum atomic E-state index is -0.490. The van der Waals surface area contributed by atoms with Crippen LogP contribution >= 0.6 is 12.6 Å². The van der Waals surface area contributed by atoms with Crippen molar-refractivity contribution in [1.29, 1.82) is 0 Å². The fourth-order valence-electron chi connectivity index (χ4n) is 2.62. The number of ether oxygens (including phenoxy) is 3. The molecule has 7 heteroatoms. The van der Waals surface area contributed by atoms with Gasteiger partial charge in [-0.3, -0.25) is 4.79 Å². The molecule has 0 bridgehead atoms. The van der Waals surface area contributed by atoms with Gasteiger partial charge in [-0.05, 0) is 12.1 Å². The van der Waals surface area contributed by atoms with Gasteiger partial charge in [0, 0.05) is 28.7 Å². The fraction of sp³-hybridized carbons (Fsp3) is 0.158. The Hall–Kier alpha value is -2.93. The second-order valence-corrected chi connectivity index (χ2v) is 5.88. The molecule has 3 rings (SSSR count). The summed E-state index contributed by atoms with van der Waals surface area (Å²) in [5, 5.41) is 0.328. The molecule has 0 unspecified atom stereocenters. The number of carbonyl (C=O) groups excluding carboxylic acids is 1. The highest BCUT2D eigenvalue weighted by Gasteiger charge is 2.15. The van der Waals surface area contributed by atoms with Crippen LogP contribution in [0.5, 0.6) is 11.5 Å². The van der Waals surface area contributed by atoms with E-state index in [1.807, 2.05) is 0 Å². The van der Waals surface area contributed by atoms with E-state index in [9.17, 15) is 9.59 Å². The molecule has 0 N–H and O–H groups in total. The molecule has 26 heavy (non-hydrogen) atoms. The summed E-state index contributed by atoms with van der Waals surface area (Å²) in [5.74, 6) is 0.724. The van der Waals surface area contributed by atoms with Gasteiger partial charge < -0.3 is 18.6 Å². The first kappa shape index (κ1) is 17.9. The summed E-state index contributed by atoms with van der Waals surface area (Å²) in [4.78, 5) is 24.7. The zero-order valence-corrected chi connectivity index (χ0v) is 15.3. The van der Waals surface area contributed by atoms with E-state index >= 15 is 0 Å². The monoisotopic (exact) mass is 372 g/mol. The number of carbonyl (C=O) groups is 1. The van der Waals surface area contributed by atoms with Gasteiger partial charge in [-0.25, -0.2) is 4.79 Å². The van der Waals surface area contributed by atoms with Crippen molar-refractivity contribution in [2.75, 3.05) is 21.3 Å². The summed E-state index contributed by atoms with van der Waals surface area (Å²) < 4.78 is 21.1. The number of hydrogen-bond acceptors (Lipinski definition) is 7. The normalized spacial score (nSPS) is 10.6. The summed E-state index contributed by atoms with van der Waals surface area (Å²) >= 11 is 4.31. The molecule has 0 atom stereocenters. The van der Waals surface area contributed by atoms with Gasteiger partial charge >= 0.3 is 5.97 Å². The van der Waals surface area contributed by atoms with Gasteiger partial charge in [-0.2, -0.15) is 0 Å². The number of fused-ring (bicyclic) bond motifs is 1. The Morgan fingerprint density at radius 3 is 2.42 bits per heavy atom. The molecule has 134 valence electrons. The highest BCUT2D eigenvalue weighted by molar-refractivity contribution is 7.80. The highest BCUT2D eigenvalue weighted by Crippen LogP contribution is 2.32. The van der Waals surface area contributed by atoms with Crippen LogP contribution in [0.1, 0.15) is 10.4 Å². The van der Waals surface area contributed by atoms with Crippen molar-refractivity contribution in [3.05, 3.63) is 52.2 Å². The molecule has 0 aliphatic heterocycles. The second-order valence-electron chi connectivity index (χ2n) is 5.40. The highest BCUT2D eigenvalue weighted by atomic mass is 32.1. The minimum absolute atomic E-state index is 0.251. The summed E-state index contributed by atoms with van der Waals surface area (Å²) in [5.41, 5.74) is 1.01. The maximum absolute atomic E-state index is 12.6. The number of hydrogen-bond donors (Lipinski definition) is 1. The third-order valence-electron chi connectivity index (χ3n) is 3.91. The zero-order valence-electron chi connectivity index (χ0n) is 14.4. The van der Waals surface area contributed by atoms with Crippen LogP contribution in [0.2, 0.25) is 0 Å². The molecule has 2 aromatic carbocycles. The molecule has 0 spiro atoms. The van der Waals surface area contributed by atoms with Gasteiger partial charge in [-0.1, -0.05) is 6.07 Å². The van der Waals surface area contributed by atoms with Crippen LogP contribution in [0, 0.1) is 0 Å². The summed E-state index contributed by atoms with van der Waals surface area (Å²) in [6.07, 6.45) is 0. The first-order valence-electron chi connectivity index (χ1n) is 7.60. The maximum atomic E-state index is 12.6. The smallest absolute Gasteiger partial charge is 0.338 e. The van der Waals surface area contributed by atoms with Crippen molar-refractivity contribution < 1.29 is 23.4 Å². The fourth-order valence-corrected chi connectivity index (χ4v) is 2.92. The third kappa shape index (κ3) is 3.13. The lowest BCUT2D eigenvalue weighted by molar-refractivity contribution is 0.0597. The Labute approximate surface area is 154 Å². The lowest BCUT2D eigenvalue weighted by atomic mass is 10.1. The number of esters is 1. The van der Waals surface area contributed by atoms with E-state index < -0.39 is 5.97 Å². The van der Waals surface area contributed by atoms with E-state index in [4.69, 9.17) is 18.6 Å². The lowest BCUT2D eigenvalue weighted by Gasteiger charge is -2.10. The minimum Gasteiger partial charge on any atom is -0.496 e. The van der Waals surface area contributed by atoms with E-state index in [2.05, 4.69) is 12.6 Å². The molecule has 1 heterocycles. The van der Waals surface area contributed by atoms with Gasteiger partial charge in [0.15, 0.2) is 5.43 Å². The van der Waals surface area contributed by atoms with Gasteiger partial charge in [-0.15, -0.1) is 12.6 Å². The van der Waals surface area contributed by atoms with E-state index in [0.717, 1.165) is 0 Å². The van der Waals surface area contributed by atoms with Gasteiger partial charge in [0.1, 0.15) is 28.2 Å². The van der Waals surface area contributed by atoms with Gasteiger partial charge in [0.25, 0.3) is 0 Å². The summed E-state index contributed by atoms with van der Waals surface area (Å²) in [6, 6.07) is 9.48. The van der Waals surface area contributed by atoms with Crippen LogP contribution < -0.4 is 14.9 Å². The molecule has 0 saturated heterocycles. The Bertz CT molecular complexity index is 1050. The molecular formula is C19H16O6S. The molecule has 0 radical (unpaired) electrons. The topological polar surface area (TPSA) is 75.0 Å². The van der Waals surface area contributed by atoms with Crippen molar-refractivity contribution in [2.45, 2.75) is 4.90 Å². The van der Waals surface area contributed by atoms with Crippen molar-refractivity contribution in [2.24, 2.45) is 0 Å². The van der Waals surface area contributed by atoms with Crippen LogP contribution in [0.4, 0.5) is 0 Å². The van der Waals surface area contributed by atoms with Crippen molar-refractivity contribution in [3.8, 4) is 22.8 Å². The number of thiol groups is 1. The maximum Gasteiger partial charge on any atom is 0.338 e. The van der Waals surface area contributed by atoms with Crippen molar-refractivity contribution in [3.63, 3.8) is 0 Å². The number of benzene rings is 2. The van der Waals surface area contributed by atoms with E-state index in [0.29, 0.717) is 44.3 Å². The molecule has 0 amide bonds. The predicted molar refractivity (Wildman–Crippen MR) is 99.6 cm³/mol. The summed E-state index contributed by atoms with van der Waals surface area (Å²) in [6.45, 7) is 0. The van der Waals surface area contributed by atoms with Gasteiger partial charge in [0.05, 0.1) is 26.9 Å². The largest absolute Gasteiger partial charge is 0.496 e. The molecule has 0 aliphatic rings. The van der Waals surface area contributed by atoms with Crippen LogP contribution in [-0.4, -0.2) is 27.3 Å². The Balaban J connectivity index is 2.19. The molecule has 3 aromatic rings. The Morgan fingerprint density at radius 2 is 1.81 bits per heavy atom. The van der Waals surface area contributed by atoms with E-state index in [1.54, 1.807) is 30.3 Å². The molecule has 0 fully saturated rings.